The van der Waals surface area contributed by atoms with Crippen LogP contribution < -0.4 is 5.32 Å². The zero-order valence-corrected chi connectivity index (χ0v) is 18.8. The molecule has 2 heterocycles. The third kappa shape index (κ3) is 5.84. The minimum atomic E-state index is -1.06. The Bertz CT molecular complexity index is 1010. The van der Waals surface area contributed by atoms with Crippen molar-refractivity contribution in [3.05, 3.63) is 47.8 Å². The number of nitrogens with one attached hydrogen (secondary N) is 1. The number of aromatic carboxylic acids is 1. The number of pyridine rings is 1. The summed E-state index contributed by atoms with van der Waals surface area (Å²) in [6.45, 7) is 7.82. The standard InChI is InChI=1S/C24H29N3O5/c1-15-19(11-12-20(25-15)22(29)30)16-7-9-17(10-8-16)26-21(28)14-18-6-5-13-27(18)23(31)32-24(2,3)4/h7-12,18H,5-6,13-14H2,1-4H3,(H,26,28)(H,29,30)/t18-/m1/s1. The van der Waals surface area contributed by atoms with Crippen molar-refractivity contribution >= 4 is 23.7 Å². The van der Waals surface area contributed by atoms with Crippen LogP contribution in [0.4, 0.5) is 10.5 Å². The van der Waals surface area contributed by atoms with E-state index in [4.69, 9.17) is 9.84 Å². The van der Waals surface area contributed by atoms with Crippen LogP contribution in [0.3, 0.4) is 0 Å². The van der Waals surface area contributed by atoms with Gasteiger partial charge in [-0.05, 0) is 64.3 Å². The van der Waals surface area contributed by atoms with Gasteiger partial charge in [-0.15, -0.1) is 0 Å². The summed E-state index contributed by atoms with van der Waals surface area (Å²) in [6, 6.07) is 10.3. The number of ether oxygens (including phenoxy) is 1. The zero-order valence-electron chi connectivity index (χ0n) is 18.8. The molecule has 1 fully saturated rings. The fourth-order valence-corrected chi connectivity index (χ4v) is 3.75. The highest BCUT2D eigenvalue weighted by Crippen LogP contribution is 2.26. The number of amides is 2. The Kier molecular flexibility index (Phi) is 6.81. The van der Waals surface area contributed by atoms with Gasteiger partial charge in [0.2, 0.25) is 5.91 Å². The molecular formula is C24H29N3O5. The van der Waals surface area contributed by atoms with Gasteiger partial charge in [0, 0.05) is 36.0 Å². The lowest BCUT2D eigenvalue weighted by Gasteiger charge is -2.28. The lowest BCUT2D eigenvalue weighted by molar-refractivity contribution is -0.117. The molecule has 0 spiro atoms. The molecule has 3 rings (SSSR count). The highest BCUT2D eigenvalue weighted by atomic mass is 16.6. The van der Waals surface area contributed by atoms with E-state index in [1.54, 1.807) is 30.0 Å². The summed E-state index contributed by atoms with van der Waals surface area (Å²) >= 11 is 0. The van der Waals surface area contributed by atoms with Crippen LogP contribution in [0.15, 0.2) is 36.4 Å². The van der Waals surface area contributed by atoms with Crippen LogP contribution in [-0.4, -0.2) is 51.1 Å². The molecule has 0 unspecified atom stereocenters. The van der Waals surface area contributed by atoms with E-state index < -0.39 is 11.6 Å². The maximum Gasteiger partial charge on any atom is 0.410 e. The largest absolute Gasteiger partial charge is 0.477 e. The quantitative estimate of drug-likeness (QED) is 0.711. The predicted octanol–water partition coefficient (Wildman–Crippen LogP) is 4.48. The monoisotopic (exact) mass is 439 g/mol. The van der Waals surface area contributed by atoms with Crippen molar-refractivity contribution in [2.45, 2.75) is 58.6 Å². The van der Waals surface area contributed by atoms with Crippen molar-refractivity contribution < 1.29 is 24.2 Å². The van der Waals surface area contributed by atoms with Crippen LogP contribution >= 0.6 is 0 Å². The highest BCUT2D eigenvalue weighted by Gasteiger charge is 2.33. The van der Waals surface area contributed by atoms with Crippen LogP contribution in [0.2, 0.25) is 0 Å². The van der Waals surface area contributed by atoms with E-state index >= 15 is 0 Å². The Labute approximate surface area is 187 Å². The van der Waals surface area contributed by atoms with Gasteiger partial charge in [0.1, 0.15) is 11.3 Å². The van der Waals surface area contributed by atoms with Crippen molar-refractivity contribution in [3.63, 3.8) is 0 Å². The van der Waals surface area contributed by atoms with Gasteiger partial charge < -0.3 is 20.1 Å². The van der Waals surface area contributed by atoms with Gasteiger partial charge in [0.25, 0.3) is 0 Å². The van der Waals surface area contributed by atoms with E-state index in [1.807, 2.05) is 32.9 Å². The molecule has 0 aliphatic carbocycles. The number of aryl methyl sites for hydroxylation is 1. The first-order valence-corrected chi connectivity index (χ1v) is 10.6. The second-order valence-electron chi connectivity index (χ2n) is 8.93. The van der Waals surface area contributed by atoms with Gasteiger partial charge >= 0.3 is 12.1 Å². The number of carboxylic acids is 1. The number of carboxylic acid groups (broad SMARTS) is 1. The SMILES string of the molecule is Cc1nc(C(=O)O)ccc1-c1ccc(NC(=O)C[C@H]2CCCN2C(=O)OC(C)(C)C)cc1. The predicted molar refractivity (Wildman–Crippen MR) is 121 cm³/mol. The van der Waals surface area contributed by atoms with E-state index in [2.05, 4.69) is 10.3 Å². The molecule has 1 aromatic carbocycles. The molecule has 2 aromatic rings. The first kappa shape index (κ1) is 23.2. The van der Waals surface area contributed by atoms with Gasteiger partial charge in [0.05, 0.1) is 0 Å². The van der Waals surface area contributed by atoms with Crippen molar-refractivity contribution in [1.82, 2.24) is 9.88 Å². The second-order valence-corrected chi connectivity index (χ2v) is 8.93. The third-order valence-corrected chi connectivity index (χ3v) is 5.21. The van der Waals surface area contributed by atoms with E-state index in [-0.39, 0.29) is 30.2 Å². The molecule has 1 aliphatic heterocycles. The van der Waals surface area contributed by atoms with E-state index in [9.17, 15) is 14.4 Å². The van der Waals surface area contributed by atoms with Crippen molar-refractivity contribution in [3.8, 4) is 11.1 Å². The number of carbonyl (C=O) groups is 3. The molecule has 1 aliphatic rings. The van der Waals surface area contributed by atoms with Crippen LogP contribution in [0, 0.1) is 6.92 Å². The molecule has 0 saturated carbocycles. The topological polar surface area (TPSA) is 109 Å². The summed E-state index contributed by atoms with van der Waals surface area (Å²) in [4.78, 5) is 41.8. The maximum atomic E-state index is 12.6. The minimum Gasteiger partial charge on any atom is -0.477 e. The second kappa shape index (κ2) is 9.38. The van der Waals surface area contributed by atoms with Gasteiger partial charge in [-0.1, -0.05) is 18.2 Å². The molecule has 0 radical (unpaired) electrons. The molecule has 2 amide bonds. The van der Waals surface area contributed by atoms with Gasteiger partial charge in [-0.3, -0.25) is 4.79 Å². The molecule has 1 aromatic heterocycles. The van der Waals surface area contributed by atoms with Crippen LogP contribution in [0.25, 0.3) is 11.1 Å². The fraction of sp³-hybridized carbons (Fsp3) is 0.417. The molecule has 170 valence electrons. The van der Waals surface area contributed by atoms with Gasteiger partial charge in [-0.25, -0.2) is 14.6 Å². The first-order chi connectivity index (χ1) is 15.0. The first-order valence-electron chi connectivity index (χ1n) is 10.6. The number of nitrogens with zero attached hydrogens (tertiary/aromatic N) is 2. The molecule has 0 bridgehead atoms. The lowest BCUT2D eigenvalue weighted by atomic mass is 10.0. The summed E-state index contributed by atoms with van der Waals surface area (Å²) in [5.74, 6) is -1.23. The lowest BCUT2D eigenvalue weighted by Crippen LogP contribution is -2.41. The summed E-state index contributed by atoms with van der Waals surface area (Å²) in [5.41, 5.74) is 2.39. The number of anilines is 1. The summed E-state index contributed by atoms with van der Waals surface area (Å²) in [6.07, 6.45) is 1.44. The molecule has 2 N–H and O–H groups in total. The number of aromatic nitrogens is 1. The Balaban J connectivity index is 1.61. The number of carbonyl (C=O) groups excluding carboxylic acids is 2. The number of hydrogen-bond acceptors (Lipinski definition) is 5. The molecule has 8 heteroatoms. The number of rotatable bonds is 5. The smallest absolute Gasteiger partial charge is 0.410 e. The Morgan fingerprint density at radius 3 is 2.44 bits per heavy atom. The van der Waals surface area contributed by atoms with Crippen molar-refractivity contribution in [1.29, 1.82) is 0 Å². The summed E-state index contributed by atoms with van der Waals surface area (Å²) < 4.78 is 5.45. The average molecular weight is 440 g/mol. The van der Waals surface area contributed by atoms with Crippen LogP contribution in [0.1, 0.15) is 56.2 Å². The summed E-state index contributed by atoms with van der Waals surface area (Å²) in [5, 5.41) is 11.9. The number of hydrogen-bond donors (Lipinski definition) is 2. The minimum absolute atomic E-state index is 0.00229. The molecule has 8 nitrogen and oxygen atoms in total. The fourth-order valence-electron chi connectivity index (χ4n) is 3.75. The van der Waals surface area contributed by atoms with Crippen molar-refractivity contribution in [2.75, 3.05) is 11.9 Å². The Morgan fingerprint density at radius 2 is 1.84 bits per heavy atom. The molecule has 1 atom stereocenters. The third-order valence-electron chi connectivity index (χ3n) is 5.21. The Hall–Kier alpha value is -3.42. The zero-order chi connectivity index (χ0) is 23.5. The number of benzene rings is 1. The molecule has 32 heavy (non-hydrogen) atoms. The van der Waals surface area contributed by atoms with E-state index in [0.29, 0.717) is 17.9 Å². The van der Waals surface area contributed by atoms with Crippen molar-refractivity contribution in [2.24, 2.45) is 0 Å². The number of likely N-dealkylation sites (tertiary alicyclic amines) is 1. The van der Waals surface area contributed by atoms with E-state index in [1.165, 1.54) is 6.07 Å². The molecule has 1 saturated heterocycles. The van der Waals surface area contributed by atoms with Crippen LogP contribution in [0.5, 0.6) is 0 Å². The Morgan fingerprint density at radius 1 is 1.16 bits per heavy atom. The maximum absolute atomic E-state index is 12.6. The van der Waals surface area contributed by atoms with Crippen LogP contribution in [-0.2, 0) is 9.53 Å². The normalized spacial score (nSPS) is 16.0. The average Bonchev–Trinajstić information content (AvgIpc) is 3.15. The summed E-state index contributed by atoms with van der Waals surface area (Å²) in [7, 11) is 0. The van der Waals surface area contributed by atoms with Gasteiger partial charge in [-0.2, -0.15) is 0 Å². The van der Waals surface area contributed by atoms with E-state index in [0.717, 1.165) is 24.0 Å². The highest BCUT2D eigenvalue weighted by molar-refractivity contribution is 5.92. The molecular weight excluding hydrogens is 410 g/mol. The van der Waals surface area contributed by atoms with Gasteiger partial charge in [0.15, 0.2) is 0 Å².